The number of hydrogen-bond donors (Lipinski definition) is 2. The minimum absolute atomic E-state index is 0. The largest absolute Gasteiger partial charge is 0.385 e. The summed E-state index contributed by atoms with van der Waals surface area (Å²) in [7, 11) is 0. The fourth-order valence-corrected chi connectivity index (χ4v) is 1.99. The van der Waals surface area contributed by atoms with Gasteiger partial charge in [-0.3, -0.25) is 0 Å². The molecule has 0 aromatic heterocycles. The van der Waals surface area contributed by atoms with Crippen molar-refractivity contribution in [3.63, 3.8) is 0 Å². The Morgan fingerprint density at radius 1 is 1.13 bits per heavy atom. The van der Waals surface area contributed by atoms with E-state index in [1.165, 1.54) is 5.56 Å². The lowest BCUT2D eigenvalue weighted by Crippen LogP contribution is -2.39. The first kappa shape index (κ1) is 12.5. The monoisotopic (exact) mass is 227 g/mol. The number of piperidine rings is 1. The smallest absolute Gasteiger partial charge is 0.0920 e. The molecule has 1 aromatic rings. The van der Waals surface area contributed by atoms with Gasteiger partial charge in [0.15, 0.2) is 0 Å². The van der Waals surface area contributed by atoms with Gasteiger partial charge in [-0.05, 0) is 38.4 Å². The zero-order valence-corrected chi connectivity index (χ0v) is 9.81. The zero-order chi connectivity index (χ0) is 10.0. The fourth-order valence-electron chi connectivity index (χ4n) is 1.99. The lowest BCUT2D eigenvalue weighted by atomic mass is 9.85. The van der Waals surface area contributed by atoms with Crippen molar-refractivity contribution in [1.29, 1.82) is 0 Å². The summed E-state index contributed by atoms with van der Waals surface area (Å²) in [6.45, 7) is 3.88. The summed E-state index contributed by atoms with van der Waals surface area (Å²) in [6, 6.07) is 8.21. The summed E-state index contributed by atoms with van der Waals surface area (Å²) in [5.74, 6) is 0. The van der Waals surface area contributed by atoms with Gasteiger partial charge in [-0.15, -0.1) is 12.4 Å². The molecule has 0 unspecified atom stereocenters. The number of halogens is 1. The van der Waals surface area contributed by atoms with Crippen LogP contribution in [0.2, 0.25) is 0 Å². The third kappa shape index (κ3) is 2.71. The van der Waals surface area contributed by atoms with Gasteiger partial charge in [-0.25, -0.2) is 0 Å². The first-order valence-electron chi connectivity index (χ1n) is 5.21. The maximum absolute atomic E-state index is 10.4. The summed E-state index contributed by atoms with van der Waals surface area (Å²) in [5.41, 5.74) is 1.70. The summed E-state index contributed by atoms with van der Waals surface area (Å²) in [5, 5.41) is 13.7. The SMILES string of the molecule is Cc1ccc(C2(O)CCNCC2)cc1.Cl. The summed E-state index contributed by atoms with van der Waals surface area (Å²) in [4.78, 5) is 0. The first-order valence-corrected chi connectivity index (χ1v) is 5.21. The first-order chi connectivity index (χ1) is 6.71. The average molecular weight is 228 g/mol. The highest BCUT2D eigenvalue weighted by molar-refractivity contribution is 5.85. The molecule has 0 amide bonds. The topological polar surface area (TPSA) is 32.3 Å². The third-order valence-electron chi connectivity index (χ3n) is 3.02. The number of aryl methyl sites for hydroxylation is 1. The Labute approximate surface area is 97.1 Å². The molecule has 1 aromatic carbocycles. The van der Waals surface area contributed by atoms with E-state index >= 15 is 0 Å². The quantitative estimate of drug-likeness (QED) is 0.769. The van der Waals surface area contributed by atoms with Crippen LogP contribution in [0.3, 0.4) is 0 Å². The maximum Gasteiger partial charge on any atom is 0.0920 e. The molecular formula is C12H18ClNO. The predicted molar refractivity (Wildman–Crippen MR) is 64.4 cm³/mol. The van der Waals surface area contributed by atoms with E-state index in [0.29, 0.717) is 0 Å². The highest BCUT2D eigenvalue weighted by Crippen LogP contribution is 2.30. The van der Waals surface area contributed by atoms with E-state index in [1.54, 1.807) is 0 Å². The van der Waals surface area contributed by atoms with Gasteiger partial charge >= 0.3 is 0 Å². The van der Waals surface area contributed by atoms with Crippen LogP contribution in [0, 0.1) is 6.92 Å². The number of benzene rings is 1. The average Bonchev–Trinajstić information content (AvgIpc) is 2.19. The van der Waals surface area contributed by atoms with E-state index in [0.717, 1.165) is 31.5 Å². The Kier molecular flexibility index (Phi) is 4.14. The molecular weight excluding hydrogens is 210 g/mol. The van der Waals surface area contributed by atoms with Crippen LogP contribution in [-0.4, -0.2) is 18.2 Å². The molecule has 0 aliphatic carbocycles. The molecule has 0 atom stereocenters. The molecule has 1 heterocycles. The van der Waals surface area contributed by atoms with E-state index in [2.05, 4.69) is 24.4 Å². The van der Waals surface area contributed by atoms with Crippen LogP contribution >= 0.6 is 12.4 Å². The van der Waals surface area contributed by atoms with Crippen molar-refractivity contribution in [3.8, 4) is 0 Å². The molecule has 0 spiro atoms. The van der Waals surface area contributed by atoms with E-state index in [9.17, 15) is 5.11 Å². The van der Waals surface area contributed by atoms with Gasteiger partial charge in [0, 0.05) is 0 Å². The third-order valence-corrected chi connectivity index (χ3v) is 3.02. The minimum Gasteiger partial charge on any atom is -0.385 e. The van der Waals surface area contributed by atoms with Gasteiger partial charge in [-0.1, -0.05) is 29.8 Å². The molecule has 2 nitrogen and oxygen atoms in total. The normalized spacial score (nSPS) is 19.3. The predicted octanol–water partition coefficient (Wildman–Crippen LogP) is 1.99. The van der Waals surface area contributed by atoms with Crippen LogP contribution in [0.15, 0.2) is 24.3 Å². The molecule has 15 heavy (non-hydrogen) atoms. The van der Waals surface area contributed by atoms with Crippen LogP contribution < -0.4 is 5.32 Å². The highest BCUT2D eigenvalue weighted by atomic mass is 35.5. The van der Waals surface area contributed by atoms with Crippen LogP contribution in [0.5, 0.6) is 0 Å². The van der Waals surface area contributed by atoms with E-state index in [4.69, 9.17) is 0 Å². The Balaban J connectivity index is 0.00000112. The molecule has 1 saturated heterocycles. The fraction of sp³-hybridized carbons (Fsp3) is 0.500. The number of nitrogens with one attached hydrogen (secondary N) is 1. The lowest BCUT2D eigenvalue weighted by molar-refractivity contribution is 0.00593. The highest BCUT2D eigenvalue weighted by Gasteiger charge is 2.30. The summed E-state index contributed by atoms with van der Waals surface area (Å²) >= 11 is 0. The minimum atomic E-state index is -0.598. The molecule has 1 fully saturated rings. The van der Waals surface area contributed by atoms with Crippen molar-refractivity contribution in [1.82, 2.24) is 5.32 Å². The Morgan fingerprint density at radius 3 is 2.20 bits per heavy atom. The molecule has 84 valence electrons. The molecule has 1 aliphatic heterocycles. The van der Waals surface area contributed by atoms with Crippen molar-refractivity contribution in [2.75, 3.05) is 13.1 Å². The second kappa shape index (κ2) is 4.97. The van der Waals surface area contributed by atoms with E-state index in [1.807, 2.05) is 12.1 Å². The Bertz CT molecular complexity index is 304. The van der Waals surface area contributed by atoms with Gasteiger partial charge in [0.1, 0.15) is 0 Å². The zero-order valence-electron chi connectivity index (χ0n) is 8.99. The van der Waals surface area contributed by atoms with Crippen molar-refractivity contribution < 1.29 is 5.11 Å². The number of aliphatic hydroxyl groups is 1. The van der Waals surface area contributed by atoms with E-state index < -0.39 is 5.60 Å². The summed E-state index contributed by atoms with van der Waals surface area (Å²) in [6.07, 6.45) is 1.63. The molecule has 1 aliphatic rings. The van der Waals surface area contributed by atoms with Crippen molar-refractivity contribution in [2.24, 2.45) is 0 Å². The van der Waals surface area contributed by atoms with Crippen LogP contribution in [0.1, 0.15) is 24.0 Å². The van der Waals surface area contributed by atoms with Crippen LogP contribution in [0.25, 0.3) is 0 Å². The number of rotatable bonds is 1. The van der Waals surface area contributed by atoms with Crippen molar-refractivity contribution in [2.45, 2.75) is 25.4 Å². The Morgan fingerprint density at radius 2 is 1.67 bits per heavy atom. The molecule has 2 rings (SSSR count). The summed E-state index contributed by atoms with van der Waals surface area (Å²) < 4.78 is 0. The molecule has 3 heteroatoms. The maximum atomic E-state index is 10.4. The molecule has 2 N–H and O–H groups in total. The van der Waals surface area contributed by atoms with Crippen molar-refractivity contribution in [3.05, 3.63) is 35.4 Å². The van der Waals surface area contributed by atoms with Gasteiger partial charge in [0.05, 0.1) is 5.60 Å². The Hall–Kier alpha value is -0.570. The van der Waals surface area contributed by atoms with Gasteiger partial charge in [0.2, 0.25) is 0 Å². The second-order valence-corrected chi connectivity index (χ2v) is 4.15. The molecule has 0 radical (unpaired) electrons. The van der Waals surface area contributed by atoms with Gasteiger partial charge in [0.25, 0.3) is 0 Å². The van der Waals surface area contributed by atoms with Gasteiger partial charge in [-0.2, -0.15) is 0 Å². The van der Waals surface area contributed by atoms with E-state index in [-0.39, 0.29) is 12.4 Å². The molecule has 0 saturated carbocycles. The van der Waals surface area contributed by atoms with Crippen LogP contribution in [-0.2, 0) is 5.60 Å². The molecule has 0 bridgehead atoms. The van der Waals surface area contributed by atoms with Crippen LogP contribution in [0.4, 0.5) is 0 Å². The number of hydrogen-bond acceptors (Lipinski definition) is 2. The second-order valence-electron chi connectivity index (χ2n) is 4.15. The standard InChI is InChI=1S/C12H17NO.ClH/c1-10-2-4-11(5-3-10)12(14)6-8-13-9-7-12;/h2-5,13-14H,6-9H2,1H3;1H. The van der Waals surface area contributed by atoms with Crippen molar-refractivity contribution >= 4 is 12.4 Å². The lowest BCUT2D eigenvalue weighted by Gasteiger charge is -2.33. The van der Waals surface area contributed by atoms with Gasteiger partial charge < -0.3 is 10.4 Å².